The first-order chi connectivity index (χ1) is 11.9. The van der Waals surface area contributed by atoms with Gasteiger partial charge in [-0.2, -0.15) is 23.3 Å². The molecule has 0 aliphatic rings. The number of nitrogens with zero attached hydrogens (tertiary/aromatic N) is 4. The van der Waals surface area contributed by atoms with Gasteiger partial charge in [0.05, 0.1) is 18.3 Å². The van der Waals surface area contributed by atoms with Gasteiger partial charge in [0.1, 0.15) is 0 Å². The minimum atomic E-state index is -4.67. The van der Waals surface area contributed by atoms with Crippen molar-refractivity contribution in [3.63, 3.8) is 0 Å². The highest BCUT2D eigenvalue weighted by molar-refractivity contribution is 5.95. The van der Waals surface area contributed by atoms with E-state index in [9.17, 15) is 18.0 Å². The third-order valence-corrected chi connectivity index (χ3v) is 3.50. The molecule has 3 rings (SSSR count). The Morgan fingerprint density at radius 1 is 1.24 bits per heavy atom. The van der Waals surface area contributed by atoms with Gasteiger partial charge in [-0.05, 0) is 5.56 Å². The van der Waals surface area contributed by atoms with Crippen LogP contribution in [0.1, 0.15) is 35.2 Å². The highest BCUT2D eigenvalue weighted by Gasteiger charge is 2.38. The first-order valence-corrected chi connectivity index (χ1v) is 7.42. The molecule has 0 spiro atoms. The molecular formula is C16H13F3N4O2. The second-order valence-electron chi connectivity index (χ2n) is 5.32. The lowest BCUT2D eigenvalue weighted by molar-refractivity contribution is -0.159. The fraction of sp³-hybridized carbons (Fsp3) is 0.250. The second-order valence-corrected chi connectivity index (χ2v) is 5.32. The number of Topliss-reactive ketones (excluding diaryl/α,β-unsaturated/α-hetero) is 1. The number of hydrogen-bond donors (Lipinski definition) is 0. The van der Waals surface area contributed by atoms with Crippen molar-refractivity contribution in [3.05, 3.63) is 53.7 Å². The maximum absolute atomic E-state index is 12.5. The van der Waals surface area contributed by atoms with E-state index in [2.05, 4.69) is 19.8 Å². The lowest BCUT2D eigenvalue weighted by Crippen LogP contribution is -2.04. The molecule has 0 saturated heterocycles. The van der Waals surface area contributed by atoms with E-state index in [0.717, 1.165) is 5.56 Å². The Balaban J connectivity index is 1.73. The molecule has 25 heavy (non-hydrogen) atoms. The third kappa shape index (κ3) is 3.76. The van der Waals surface area contributed by atoms with Crippen LogP contribution in [0.25, 0.3) is 11.4 Å². The Morgan fingerprint density at radius 2 is 1.96 bits per heavy atom. The van der Waals surface area contributed by atoms with Gasteiger partial charge in [-0.1, -0.05) is 36.3 Å². The smallest absolute Gasteiger partial charge is 0.329 e. The summed E-state index contributed by atoms with van der Waals surface area (Å²) in [4.78, 5) is 14.9. The normalized spacial score (nSPS) is 11.7. The molecule has 0 atom stereocenters. The van der Waals surface area contributed by atoms with Crippen LogP contribution < -0.4 is 0 Å². The molecule has 0 saturated carbocycles. The number of aromatic nitrogens is 4. The van der Waals surface area contributed by atoms with Crippen LogP contribution in [0.5, 0.6) is 0 Å². The van der Waals surface area contributed by atoms with Gasteiger partial charge in [0.2, 0.25) is 5.82 Å². The van der Waals surface area contributed by atoms with Crippen LogP contribution in [-0.2, 0) is 12.7 Å². The molecule has 0 aliphatic heterocycles. The molecule has 0 radical (unpaired) electrons. The van der Waals surface area contributed by atoms with Crippen LogP contribution in [0.3, 0.4) is 0 Å². The number of benzene rings is 1. The van der Waals surface area contributed by atoms with Crippen LogP contribution in [-0.4, -0.2) is 25.7 Å². The van der Waals surface area contributed by atoms with Gasteiger partial charge in [0, 0.05) is 18.2 Å². The van der Waals surface area contributed by atoms with Crippen molar-refractivity contribution in [1.29, 1.82) is 0 Å². The van der Waals surface area contributed by atoms with Crippen molar-refractivity contribution >= 4 is 5.78 Å². The molecule has 3 aromatic rings. The molecule has 0 N–H and O–H groups in total. The van der Waals surface area contributed by atoms with Gasteiger partial charge < -0.3 is 4.52 Å². The third-order valence-electron chi connectivity index (χ3n) is 3.50. The van der Waals surface area contributed by atoms with E-state index in [1.807, 2.05) is 0 Å². The summed E-state index contributed by atoms with van der Waals surface area (Å²) >= 11 is 0. The van der Waals surface area contributed by atoms with Crippen molar-refractivity contribution in [3.8, 4) is 11.4 Å². The van der Waals surface area contributed by atoms with Crippen molar-refractivity contribution in [2.45, 2.75) is 26.1 Å². The van der Waals surface area contributed by atoms with E-state index in [1.165, 1.54) is 6.20 Å². The molecule has 2 aromatic heterocycles. The molecule has 0 bridgehead atoms. The molecule has 2 heterocycles. The van der Waals surface area contributed by atoms with Gasteiger partial charge in [-0.15, -0.1) is 0 Å². The molecule has 0 unspecified atom stereocenters. The Morgan fingerprint density at radius 3 is 2.56 bits per heavy atom. The van der Waals surface area contributed by atoms with E-state index in [1.54, 1.807) is 42.1 Å². The van der Waals surface area contributed by atoms with Gasteiger partial charge in [0.15, 0.2) is 5.78 Å². The zero-order chi connectivity index (χ0) is 18.0. The van der Waals surface area contributed by atoms with Crippen molar-refractivity contribution in [1.82, 2.24) is 19.9 Å². The summed E-state index contributed by atoms with van der Waals surface area (Å²) in [5.41, 5.74) is 1.82. The van der Waals surface area contributed by atoms with Gasteiger partial charge in [-0.3, -0.25) is 9.48 Å². The highest BCUT2D eigenvalue weighted by atomic mass is 19.4. The van der Waals surface area contributed by atoms with Crippen LogP contribution in [0.15, 0.2) is 41.2 Å². The minimum absolute atomic E-state index is 0.0131. The van der Waals surface area contributed by atoms with E-state index >= 15 is 0 Å². The zero-order valence-corrected chi connectivity index (χ0v) is 13.1. The number of alkyl halides is 3. The molecule has 6 nitrogen and oxygen atoms in total. The van der Waals surface area contributed by atoms with E-state index < -0.39 is 12.1 Å². The Kier molecular flexibility index (Phi) is 4.39. The molecule has 1 aromatic carbocycles. The molecule has 9 heteroatoms. The van der Waals surface area contributed by atoms with Gasteiger partial charge >= 0.3 is 12.1 Å². The topological polar surface area (TPSA) is 73.8 Å². The molecular weight excluding hydrogens is 337 g/mol. The fourth-order valence-electron chi connectivity index (χ4n) is 2.20. The summed E-state index contributed by atoms with van der Waals surface area (Å²) in [6.07, 6.45) is -1.09. The summed E-state index contributed by atoms with van der Waals surface area (Å²) in [5, 5.41) is 7.46. The average molecular weight is 350 g/mol. The minimum Gasteiger partial charge on any atom is -0.329 e. The van der Waals surface area contributed by atoms with E-state index in [0.29, 0.717) is 24.1 Å². The number of ketones is 1. The lowest BCUT2D eigenvalue weighted by atomic mass is 10.1. The first kappa shape index (κ1) is 16.9. The maximum Gasteiger partial charge on any atom is 0.471 e. The largest absolute Gasteiger partial charge is 0.471 e. The van der Waals surface area contributed by atoms with Crippen LogP contribution >= 0.6 is 0 Å². The van der Waals surface area contributed by atoms with E-state index in [4.69, 9.17) is 0 Å². The Bertz CT molecular complexity index is 881. The highest BCUT2D eigenvalue weighted by Crippen LogP contribution is 2.29. The van der Waals surface area contributed by atoms with Crippen LogP contribution in [0.2, 0.25) is 0 Å². The predicted molar refractivity (Wildman–Crippen MR) is 80.7 cm³/mol. The van der Waals surface area contributed by atoms with Gasteiger partial charge in [-0.25, -0.2) is 0 Å². The molecule has 0 amide bonds. The first-order valence-electron chi connectivity index (χ1n) is 7.42. The predicted octanol–water partition coefficient (Wildman–Crippen LogP) is 3.59. The quantitative estimate of drug-likeness (QED) is 0.658. The van der Waals surface area contributed by atoms with Crippen molar-refractivity contribution in [2.75, 3.05) is 0 Å². The maximum atomic E-state index is 12.5. The monoisotopic (exact) mass is 350 g/mol. The summed E-state index contributed by atoms with van der Waals surface area (Å²) in [6.45, 7) is 2.21. The average Bonchev–Trinajstić information content (AvgIpc) is 3.24. The number of hydrogen-bond acceptors (Lipinski definition) is 5. The van der Waals surface area contributed by atoms with Crippen molar-refractivity contribution < 1.29 is 22.5 Å². The van der Waals surface area contributed by atoms with Crippen LogP contribution in [0, 0.1) is 0 Å². The summed E-state index contributed by atoms with van der Waals surface area (Å²) in [7, 11) is 0. The number of halogens is 3. The summed E-state index contributed by atoms with van der Waals surface area (Å²) < 4.78 is 43.3. The summed E-state index contributed by atoms with van der Waals surface area (Å²) in [5.74, 6) is -1.50. The SMILES string of the molecule is CCC(=O)c1cnn(Cc2ccc(-c3noc(C(F)(F)F)n3)cc2)c1. The zero-order valence-electron chi connectivity index (χ0n) is 13.1. The van der Waals surface area contributed by atoms with Crippen molar-refractivity contribution in [2.24, 2.45) is 0 Å². The number of carbonyl (C=O) groups excluding carboxylic acids is 1. The lowest BCUT2D eigenvalue weighted by Gasteiger charge is -2.02. The molecule has 130 valence electrons. The summed E-state index contributed by atoms with van der Waals surface area (Å²) in [6, 6.07) is 6.65. The Labute approximate surface area is 140 Å². The standard InChI is InChI=1S/C16H13F3N4O2/c1-2-13(24)12-7-20-23(9-12)8-10-3-5-11(6-4-10)14-21-15(25-22-14)16(17,18)19/h3-7,9H,2,8H2,1H3. The van der Waals surface area contributed by atoms with Gasteiger partial charge in [0.25, 0.3) is 0 Å². The number of carbonyl (C=O) groups is 1. The molecule has 0 fully saturated rings. The Hall–Kier alpha value is -2.97. The number of rotatable bonds is 5. The van der Waals surface area contributed by atoms with Crippen LogP contribution in [0.4, 0.5) is 13.2 Å². The second kappa shape index (κ2) is 6.50. The molecule has 0 aliphatic carbocycles. The fourth-order valence-corrected chi connectivity index (χ4v) is 2.20. The van der Waals surface area contributed by atoms with E-state index in [-0.39, 0.29) is 11.6 Å².